The molecule has 0 saturated carbocycles. The summed E-state index contributed by atoms with van der Waals surface area (Å²) in [5.74, 6) is 1.09. The van der Waals surface area contributed by atoms with Gasteiger partial charge in [-0.05, 0) is 31.2 Å². The summed E-state index contributed by atoms with van der Waals surface area (Å²) in [6, 6.07) is 6.86. The number of thiol groups is 1. The first-order valence-electron chi connectivity index (χ1n) is 4.78. The third kappa shape index (κ3) is 3.83. The van der Waals surface area contributed by atoms with Crippen LogP contribution in [0, 0.1) is 0 Å². The number of carbonyl (C=O) groups is 1. The average molecular weight is 226 g/mol. The smallest absolute Gasteiger partial charge is 0.338 e. The molecule has 1 aromatic carbocycles. The van der Waals surface area contributed by atoms with E-state index in [2.05, 4.69) is 12.6 Å². The normalized spacial score (nSPS) is 9.73. The Labute approximate surface area is 94.8 Å². The monoisotopic (exact) mass is 226 g/mol. The SMILES string of the molecule is CCOC(=O)c1ccc(OCCS)cc1. The Balaban J connectivity index is 2.59. The first-order chi connectivity index (χ1) is 7.27. The van der Waals surface area contributed by atoms with E-state index in [-0.39, 0.29) is 5.97 Å². The zero-order valence-electron chi connectivity index (χ0n) is 8.60. The Morgan fingerprint density at radius 3 is 2.53 bits per heavy atom. The van der Waals surface area contributed by atoms with Crippen LogP contribution in [0.1, 0.15) is 17.3 Å². The third-order valence-corrected chi connectivity index (χ3v) is 1.91. The molecule has 0 unspecified atom stereocenters. The van der Waals surface area contributed by atoms with E-state index in [1.165, 1.54) is 0 Å². The van der Waals surface area contributed by atoms with E-state index >= 15 is 0 Å². The van der Waals surface area contributed by atoms with E-state index < -0.39 is 0 Å². The summed E-state index contributed by atoms with van der Waals surface area (Å²) in [5.41, 5.74) is 0.537. The molecule has 0 N–H and O–H groups in total. The summed E-state index contributed by atoms with van der Waals surface area (Å²) < 4.78 is 10.2. The number of ether oxygens (including phenoxy) is 2. The summed E-state index contributed by atoms with van der Waals surface area (Å²) in [6.07, 6.45) is 0. The molecule has 0 aromatic heterocycles. The van der Waals surface area contributed by atoms with Crippen molar-refractivity contribution in [1.29, 1.82) is 0 Å². The molecule has 0 aliphatic carbocycles. The van der Waals surface area contributed by atoms with Crippen LogP contribution >= 0.6 is 12.6 Å². The Bertz CT molecular complexity index is 308. The highest BCUT2D eigenvalue weighted by Crippen LogP contribution is 2.12. The second-order valence-corrected chi connectivity index (χ2v) is 3.26. The molecule has 1 rings (SSSR count). The van der Waals surface area contributed by atoms with Crippen LogP contribution in [0.4, 0.5) is 0 Å². The molecule has 15 heavy (non-hydrogen) atoms. The second-order valence-electron chi connectivity index (χ2n) is 2.82. The quantitative estimate of drug-likeness (QED) is 0.617. The standard InChI is InChI=1S/C11H14O3S/c1-2-13-11(12)9-3-5-10(6-4-9)14-7-8-15/h3-6,15H,2,7-8H2,1H3. The minimum Gasteiger partial charge on any atom is -0.493 e. The van der Waals surface area contributed by atoms with Gasteiger partial charge in [-0.15, -0.1) is 0 Å². The van der Waals surface area contributed by atoms with Gasteiger partial charge in [0.2, 0.25) is 0 Å². The number of hydrogen-bond acceptors (Lipinski definition) is 4. The highest BCUT2D eigenvalue weighted by molar-refractivity contribution is 7.80. The number of carbonyl (C=O) groups excluding carboxylic acids is 1. The first-order valence-corrected chi connectivity index (χ1v) is 5.42. The third-order valence-electron chi connectivity index (χ3n) is 1.73. The van der Waals surface area contributed by atoms with Crippen LogP contribution in [0.25, 0.3) is 0 Å². The largest absolute Gasteiger partial charge is 0.493 e. The van der Waals surface area contributed by atoms with Crippen LogP contribution in [0.2, 0.25) is 0 Å². The maximum atomic E-state index is 11.3. The molecular weight excluding hydrogens is 212 g/mol. The van der Waals surface area contributed by atoms with Crippen molar-refractivity contribution in [3.63, 3.8) is 0 Å². The van der Waals surface area contributed by atoms with Gasteiger partial charge in [0.1, 0.15) is 5.75 Å². The van der Waals surface area contributed by atoms with E-state index in [4.69, 9.17) is 9.47 Å². The van der Waals surface area contributed by atoms with Gasteiger partial charge in [0.05, 0.1) is 18.8 Å². The van der Waals surface area contributed by atoms with Gasteiger partial charge in [0.25, 0.3) is 0 Å². The van der Waals surface area contributed by atoms with Crippen molar-refractivity contribution in [2.45, 2.75) is 6.92 Å². The van der Waals surface area contributed by atoms with Gasteiger partial charge in [-0.2, -0.15) is 12.6 Å². The molecule has 0 atom stereocenters. The highest BCUT2D eigenvalue weighted by Gasteiger charge is 2.05. The van der Waals surface area contributed by atoms with Crippen molar-refractivity contribution < 1.29 is 14.3 Å². The Kier molecular flexibility index (Phi) is 5.04. The van der Waals surface area contributed by atoms with E-state index in [9.17, 15) is 4.79 Å². The minimum atomic E-state index is -0.307. The van der Waals surface area contributed by atoms with Crippen LogP contribution in [0.3, 0.4) is 0 Å². The van der Waals surface area contributed by atoms with Crippen molar-refractivity contribution in [3.8, 4) is 5.75 Å². The number of hydrogen-bond donors (Lipinski definition) is 1. The minimum absolute atomic E-state index is 0.307. The topological polar surface area (TPSA) is 35.5 Å². The van der Waals surface area contributed by atoms with Crippen LogP contribution in [-0.4, -0.2) is 24.9 Å². The summed E-state index contributed by atoms with van der Waals surface area (Å²) >= 11 is 4.03. The van der Waals surface area contributed by atoms with E-state index in [1.807, 2.05) is 0 Å². The van der Waals surface area contributed by atoms with Crippen molar-refractivity contribution in [3.05, 3.63) is 29.8 Å². The molecule has 0 saturated heterocycles. The molecule has 0 heterocycles. The molecule has 4 heteroatoms. The summed E-state index contributed by atoms with van der Waals surface area (Å²) in [7, 11) is 0. The van der Waals surface area contributed by atoms with Crippen LogP contribution < -0.4 is 4.74 Å². The van der Waals surface area contributed by atoms with Gasteiger partial charge in [0.15, 0.2) is 0 Å². The molecule has 0 aliphatic rings. The van der Waals surface area contributed by atoms with Gasteiger partial charge in [0, 0.05) is 5.75 Å². The fraction of sp³-hybridized carbons (Fsp3) is 0.364. The van der Waals surface area contributed by atoms with E-state index in [0.29, 0.717) is 24.5 Å². The maximum absolute atomic E-state index is 11.3. The van der Waals surface area contributed by atoms with E-state index in [1.54, 1.807) is 31.2 Å². The zero-order valence-corrected chi connectivity index (χ0v) is 9.50. The Hall–Kier alpha value is -1.16. The lowest BCUT2D eigenvalue weighted by Gasteiger charge is -2.05. The highest BCUT2D eigenvalue weighted by atomic mass is 32.1. The predicted octanol–water partition coefficient (Wildman–Crippen LogP) is 2.17. The first kappa shape index (κ1) is 11.9. The molecule has 0 amide bonds. The molecule has 0 spiro atoms. The van der Waals surface area contributed by atoms with Crippen LogP contribution in [-0.2, 0) is 4.74 Å². The van der Waals surface area contributed by atoms with Crippen molar-refractivity contribution in [2.75, 3.05) is 19.0 Å². The van der Waals surface area contributed by atoms with Gasteiger partial charge < -0.3 is 9.47 Å². The fourth-order valence-corrected chi connectivity index (χ4v) is 1.16. The maximum Gasteiger partial charge on any atom is 0.338 e. The van der Waals surface area contributed by atoms with Crippen LogP contribution in [0.5, 0.6) is 5.75 Å². The van der Waals surface area contributed by atoms with Crippen molar-refractivity contribution in [2.24, 2.45) is 0 Å². The summed E-state index contributed by atoms with van der Waals surface area (Å²) in [4.78, 5) is 11.3. The lowest BCUT2D eigenvalue weighted by molar-refractivity contribution is 0.0526. The van der Waals surface area contributed by atoms with E-state index in [0.717, 1.165) is 5.75 Å². The Morgan fingerprint density at radius 2 is 2.00 bits per heavy atom. The zero-order chi connectivity index (χ0) is 11.1. The fourth-order valence-electron chi connectivity index (χ4n) is 1.07. The molecule has 3 nitrogen and oxygen atoms in total. The molecule has 0 fully saturated rings. The summed E-state index contributed by atoms with van der Waals surface area (Å²) in [6.45, 7) is 2.72. The number of benzene rings is 1. The molecule has 0 radical (unpaired) electrons. The Morgan fingerprint density at radius 1 is 1.33 bits per heavy atom. The van der Waals surface area contributed by atoms with Gasteiger partial charge in [-0.3, -0.25) is 0 Å². The molecular formula is C11H14O3S. The molecule has 82 valence electrons. The lowest BCUT2D eigenvalue weighted by Crippen LogP contribution is -2.04. The number of rotatable bonds is 5. The molecule has 0 aliphatic heterocycles. The predicted molar refractivity (Wildman–Crippen MR) is 61.7 cm³/mol. The lowest BCUT2D eigenvalue weighted by atomic mass is 10.2. The van der Waals surface area contributed by atoms with Gasteiger partial charge >= 0.3 is 5.97 Å². The van der Waals surface area contributed by atoms with Crippen molar-refractivity contribution in [1.82, 2.24) is 0 Å². The van der Waals surface area contributed by atoms with Gasteiger partial charge in [-0.25, -0.2) is 4.79 Å². The van der Waals surface area contributed by atoms with Crippen LogP contribution in [0.15, 0.2) is 24.3 Å². The molecule has 0 bridgehead atoms. The average Bonchev–Trinajstić information content (AvgIpc) is 2.27. The molecule has 1 aromatic rings. The van der Waals surface area contributed by atoms with Crippen molar-refractivity contribution >= 4 is 18.6 Å². The number of esters is 1. The van der Waals surface area contributed by atoms with Gasteiger partial charge in [-0.1, -0.05) is 0 Å². The summed E-state index contributed by atoms with van der Waals surface area (Å²) in [5, 5.41) is 0. The second kappa shape index (κ2) is 6.35.